The molecule has 1 aromatic carbocycles. The van der Waals surface area contributed by atoms with Crippen molar-refractivity contribution in [3.8, 4) is 5.75 Å². The van der Waals surface area contributed by atoms with Crippen molar-refractivity contribution in [1.29, 1.82) is 0 Å². The minimum absolute atomic E-state index is 0.0816. The second-order valence-corrected chi connectivity index (χ2v) is 7.80. The van der Waals surface area contributed by atoms with E-state index in [9.17, 15) is 13.5 Å². The van der Waals surface area contributed by atoms with Crippen molar-refractivity contribution in [2.75, 3.05) is 33.4 Å². The molecule has 27 heavy (non-hydrogen) atoms. The van der Waals surface area contributed by atoms with Gasteiger partial charge in [0.05, 0.1) is 36.0 Å². The number of morpholine rings is 1. The molecule has 0 amide bonds. The Morgan fingerprint density at radius 2 is 1.96 bits per heavy atom. The Kier molecular flexibility index (Phi) is 5.88. The maximum Gasteiger partial charge on any atom is 0.282 e. The molecule has 1 heterocycles. The van der Waals surface area contributed by atoms with Gasteiger partial charge in [-0.25, -0.2) is 0 Å². The van der Waals surface area contributed by atoms with Crippen molar-refractivity contribution >= 4 is 27.3 Å². The number of methoxy groups -OCH3 is 1. The summed E-state index contributed by atoms with van der Waals surface area (Å²) in [6, 6.07) is 4.08. The van der Waals surface area contributed by atoms with E-state index in [1.165, 1.54) is 31.4 Å². The van der Waals surface area contributed by atoms with E-state index in [0.29, 0.717) is 32.1 Å². The summed E-state index contributed by atoms with van der Waals surface area (Å²) < 4.78 is 39.5. The average molecular weight is 410 g/mol. The molecule has 144 valence electrons. The molecule has 0 unspecified atom stereocenters. The molecular formula is C18H18ClN2O5S-. The minimum atomic E-state index is -4.06. The molecule has 0 N–H and O–H groups in total. The molecule has 0 saturated carbocycles. The van der Waals surface area contributed by atoms with Gasteiger partial charge >= 0.3 is 0 Å². The van der Waals surface area contributed by atoms with Gasteiger partial charge in [-0.05, 0) is 30.2 Å². The Bertz CT molecular complexity index is 944. The molecule has 1 aliphatic heterocycles. The lowest BCUT2D eigenvalue weighted by molar-refractivity contribution is -0.336. The van der Waals surface area contributed by atoms with Crippen LogP contribution in [-0.4, -0.2) is 52.4 Å². The van der Waals surface area contributed by atoms with Crippen molar-refractivity contribution in [2.45, 2.75) is 4.90 Å². The summed E-state index contributed by atoms with van der Waals surface area (Å²) in [6.07, 6.45) is 6.36. The van der Waals surface area contributed by atoms with E-state index in [1.807, 2.05) is 0 Å². The van der Waals surface area contributed by atoms with Crippen LogP contribution in [0.5, 0.6) is 5.75 Å². The Morgan fingerprint density at radius 3 is 2.63 bits per heavy atom. The molecule has 0 spiro atoms. The number of ether oxygens (including phenoxy) is 2. The molecule has 3 rings (SSSR count). The van der Waals surface area contributed by atoms with Gasteiger partial charge in [-0.15, -0.1) is 0 Å². The largest absolute Gasteiger partial charge is 0.860 e. The highest BCUT2D eigenvalue weighted by Gasteiger charge is 2.19. The van der Waals surface area contributed by atoms with Gasteiger partial charge in [0.25, 0.3) is 10.0 Å². The molecule has 1 saturated heterocycles. The Morgan fingerprint density at radius 1 is 1.26 bits per heavy atom. The van der Waals surface area contributed by atoms with E-state index < -0.39 is 10.0 Å². The monoisotopic (exact) mass is 409 g/mol. The topological polar surface area (TPSA) is 91.3 Å². The van der Waals surface area contributed by atoms with Gasteiger partial charge in [0.1, 0.15) is 5.75 Å². The number of hydrogen-bond acceptors (Lipinski definition) is 6. The van der Waals surface area contributed by atoms with Crippen LogP contribution in [0.25, 0.3) is 0 Å². The van der Waals surface area contributed by atoms with Crippen LogP contribution in [0, 0.1) is 0 Å². The molecule has 0 aromatic heterocycles. The third-order valence-corrected chi connectivity index (χ3v) is 5.65. The summed E-state index contributed by atoms with van der Waals surface area (Å²) >= 11 is 6.02. The van der Waals surface area contributed by atoms with Crippen LogP contribution in [0.3, 0.4) is 0 Å². The lowest BCUT2D eigenvalue weighted by Crippen LogP contribution is -2.41. The van der Waals surface area contributed by atoms with Crippen molar-refractivity contribution < 1.29 is 23.0 Å². The maximum atomic E-state index is 12.8. The van der Waals surface area contributed by atoms with Gasteiger partial charge < -0.3 is 19.5 Å². The smallest absolute Gasteiger partial charge is 0.282 e. The van der Waals surface area contributed by atoms with Crippen LogP contribution in [0.4, 0.5) is 0 Å². The van der Waals surface area contributed by atoms with Crippen LogP contribution in [0.15, 0.2) is 63.3 Å². The van der Waals surface area contributed by atoms with Crippen molar-refractivity contribution in [1.82, 2.24) is 4.90 Å². The summed E-state index contributed by atoms with van der Waals surface area (Å²) in [5.74, 6) is 0.0825. The lowest BCUT2D eigenvalue weighted by Gasteiger charge is -2.36. The molecular weight excluding hydrogens is 392 g/mol. The van der Waals surface area contributed by atoms with Crippen molar-refractivity contribution in [3.05, 3.63) is 59.0 Å². The summed E-state index contributed by atoms with van der Waals surface area (Å²) in [5.41, 5.74) is 0.309. The molecule has 1 aromatic rings. The van der Waals surface area contributed by atoms with Gasteiger partial charge in [0.15, 0.2) is 0 Å². The normalized spacial score (nSPS) is 20.8. The van der Waals surface area contributed by atoms with E-state index in [-0.39, 0.29) is 27.1 Å². The molecule has 1 fully saturated rings. The lowest BCUT2D eigenvalue weighted by atomic mass is 10.1. The third kappa shape index (κ3) is 4.35. The standard InChI is InChI=1S/C18H19ClN2O5S/c1-25-17-7-6-13(12-15(17)19)27(23,24)20-16-5-3-2-4-14(16)18(22)21-8-10-26-11-9-21/h2-7,12,22H,8-11H2,1H3/p-1. The van der Waals surface area contributed by atoms with E-state index in [2.05, 4.69) is 4.40 Å². The SMILES string of the molecule is COc1ccc(S(=O)(=O)N=C2C=CC=CC2=C([O-])N2CCOCC2)cc1Cl. The zero-order valence-electron chi connectivity index (χ0n) is 14.6. The predicted octanol–water partition coefficient (Wildman–Crippen LogP) is 1.51. The molecule has 7 nitrogen and oxygen atoms in total. The van der Waals surface area contributed by atoms with E-state index in [4.69, 9.17) is 21.1 Å². The zero-order valence-corrected chi connectivity index (χ0v) is 16.2. The minimum Gasteiger partial charge on any atom is -0.860 e. The van der Waals surface area contributed by atoms with Gasteiger partial charge in [-0.2, -0.15) is 12.8 Å². The highest BCUT2D eigenvalue weighted by Crippen LogP contribution is 2.28. The number of halogens is 1. The summed E-state index contributed by atoms with van der Waals surface area (Å²) in [7, 11) is -2.62. The molecule has 0 atom stereocenters. The van der Waals surface area contributed by atoms with Crippen LogP contribution in [0.1, 0.15) is 0 Å². The fourth-order valence-corrected chi connectivity index (χ4v) is 4.01. The molecule has 0 radical (unpaired) electrons. The van der Waals surface area contributed by atoms with E-state index >= 15 is 0 Å². The summed E-state index contributed by atoms with van der Waals surface area (Å²) in [6.45, 7) is 1.81. The first-order chi connectivity index (χ1) is 12.9. The quantitative estimate of drug-likeness (QED) is 0.700. The van der Waals surface area contributed by atoms with E-state index in [1.54, 1.807) is 23.1 Å². The van der Waals surface area contributed by atoms with Gasteiger partial charge in [-0.3, -0.25) is 0 Å². The molecule has 1 aliphatic carbocycles. The van der Waals surface area contributed by atoms with Gasteiger partial charge in [0.2, 0.25) is 0 Å². The molecule has 9 heteroatoms. The van der Waals surface area contributed by atoms with Gasteiger partial charge in [0, 0.05) is 18.7 Å². The number of sulfonamides is 1. The fraction of sp³-hybridized carbons (Fsp3) is 0.278. The maximum absolute atomic E-state index is 12.8. The van der Waals surface area contributed by atoms with Crippen molar-refractivity contribution in [2.24, 2.45) is 4.40 Å². The molecule has 0 bridgehead atoms. The van der Waals surface area contributed by atoms with E-state index in [0.717, 1.165) is 0 Å². The second-order valence-electron chi connectivity index (χ2n) is 5.78. The van der Waals surface area contributed by atoms with Crippen LogP contribution in [-0.2, 0) is 14.8 Å². The van der Waals surface area contributed by atoms with Gasteiger partial charge in [-0.1, -0.05) is 29.8 Å². The predicted molar refractivity (Wildman–Crippen MR) is 100 cm³/mol. The number of allylic oxidation sites excluding steroid dienone is 5. The highest BCUT2D eigenvalue weighted by molar-refractivity contribution is 7.90. The summed E-state index contributed by atoms with van der Waals surface area (Å²) in [4.78, 5) is 1.54. The average Bonchev–Trinajstić information content (AvgIpc) is 2.68. The first-order valence-electron chi connectivity index (χ1n) is 8.20. The first kappa shape index (κ1) is 19.5. The number of nitrogens with zero attached hydrogens (tertiary/aromatic N) is 2. The third-order valence-electron chi connectivity index (χ3n) is 4.07. The summed E-state index contributed by atoms with van der Waals surface area (Å²) in [5, 5.41) is 12.9. The Labute approximate surface area is 162 Å². The second kappa shape index (κ2) is 8.16. The highest BCUT2D eigenvalue weighted by atomic mass is 35.5. The van der Waals surface area contributed by atoms with Crippen LogP contribution >= 0.6 is 11.6 Å². The van der Waals surface area contributed by atoms with Crippen LogP contribution < -0.4 is 9.84 Å². The zero-order chi connectivity index (χ0) is 19.4. The Balaban J connectivity index is 1.99. The van der Waals surface area contributed by atoms with Crippen LogP contribution in [0.2, 0.25) is 5.02 Å². The number of hydrogen-bond donors (Lipinski definition) is 0. The fourth-order valence-electron chi connectivity index (χ4n) is 2.66. The number of benzene rings is 1. The number of rotatable bonds is 4. The Hall–Kier alpha value is -2.29. The first-order valence-corrected chi connectivity index (χ1v) is 10.0. The van der Waals surface area contributed by atoms with Crippen molar-refractivity contribution in [3.63, 3.8) is 0 Å². The molecule has 2 aliphatic rings.